The lowest BCUT2D eigenvalue weighted by molar-refractivity contribution is -0.193. The summed E-state index contributed by atoms with van der Waals surface area (Å²) in [6.07, 6.45) is -9.22. The van der Waals surface area contributed by atoms with Crippen molar-refractivity contribution < 1.29 is 46.1 Å². The van der Waals surface area contributed by atoms with Crippen molar-refractivity contribution in [3.8, 4) is 0 Å². The van der Waals surface area contributed by atoms with Gasteiger partial charge in [-0.1, -0.05) is 6.92 Å². The largest absolute Gasteiger partial charge is 0.490 e. The summed E-state index contributed by atoms with van der Waals surface area (Å²) in [4.78, 5) is 17.8. The molecule has 1 atom stereocenters. The van der Waals surface area contributed by atoms with Crippen LogP contribution in [0, 0.1) is 0 Å². The minimum atomic E-state index is -5.08. The first-order valence-corrected chi connectivity index (χ1v) is 5.10. The van der Waals surface area contributed by atoms with E-state index in [1.165, 1.54) is 0 Å². The molecule has 0 aliphatic rings. The van der Waals surface area contributed by atoms with E-state index in [4.69, 9.17) is 31.3 Å². The maximum absolute atomic E-state index is 10.6. The van der Waals surface area contributed by atoms with Gasteiger partial charge in [0, 0.05) is 12.1 Å². The molecule has 0 radical (unpaired) electrons. The summed E-state index contributed by atoms with van der Waals surface area (Å²) in [5, 5.41) is 14.2. The Labute approximate surface area is 115 Å². The smallest absolute Gasteiger partial charge is 0.475 e. The first kappa shape index (κ1) is 24.5. The van der Waals surface area contributed by atoms with Crippen molar-refractivity contribution in [1.29, 1.82) is 0 Å². The van der Waals surface area contributed by atoms with Crippen LogP contribution in [0.4, 0.5) is 26.3 Å². The van der Waals surface area contributed by atoms with Gasteiger partial charge in [-0.05, 0) is 13.3 Å². The van der Waals surface area contributed by atoms with Crippen molar-refractivity contribution >= 4 is 11.9 Å². The highest BCUT2D eigenvalue weighted by Crippen LogP contribution is 2.13. The van der Waals surface area contributed by atoms with Crippen LogP contribution < -0.4 is 11.5 Å². The van der Waals surface area contributed by atoms with Crippen LogP contribution in [0.3, 0.4) is 0 Å². The molecule has 0 aromatic rings. The molecule has 0 heterocycles. The lowest BCUT2D eigenvalue weighted by Crippen LogP contribution is -2.42. The van der Waals surface area contributed by atoms with E-state index in [9.17, 15) is 26.3 Å². The number of carboxylic acids is 2. The molecule has 0 aliphatic carbocycles. The number of aliphatic carboxylic acids is 2. The number of alkyl halides is 6. The zero-order chi connectivity index (χ0) is 18.1. The van der Waals surface area contributed by atoms with Crippen molar-refractivity contribution in [2.75, 3.05) is 6.54 Å². The summed E-state index contributed by atoms with van der Waals surface area (Å²) in [6, 6.07) is 0. The van der Waals surface area contributed by atoms with Crippen LogP contribution in [-0.4, -0.2) is 46.6 Å². The first-order chi connectivity index (χ1) is 9.01. The van der Waals surface area contributed by atoms with E-state index in [0.717, 1.165) is 6.42 Å². The molecule has 0 fully saturated rings. The van der Waals surface area contributed by atoms with E-state index >= 15 is 0 Å². The average Bonchev–Trinajstić information content (AvgIpc) is 2.28. The predicted octanol–water partition coefficient (Wildman–Crippen LogP) is 1.34. The van der Waals surface area contributed by atoms with Crippen LogP contribution >= 0.6 is 0 Å². The second-order valence-corrected chi connectivity index (χ2v) is 3.82. The molecular weight excluding hydrogens is 314 g/mol. The van der Waals surface area contributed by atoms with Crippen LogP contribution in [0.15, 0.2) is 0 Å². The number of carboxylic acid groups (broad SMARTS) is 2. The van der Waals surface area contributed by atoms with Crippen LogP contribution in [0.1, 0.15) is 20.3 Å². The van der Waals surface area contributed by atoms with Gasteiger partial charge in [0.1, 0.15) is 0 Å². The standard InChI is InChI=1S/C5H14N2.2C2HF3O2/c1-3-5(2,7)4-6;2*3-2(4,5)1(6)7/h3-4,6-7H2,1-2H3;2*(H,6,7). The zero-order valence-electron chi connectivity index (χ0n) is 11.0. The molecule has 0 spiro atoms. The average molecular weight is 330 g/mol. The normalized spacial score (nSPS) is 13.8. The Kier molecular flexibility index (Phi) is 10.9. The highest BCUT2D eigenvalue weighted by Gasteiger charge is 2.38. The lowest BCUT2D eigenvalue weighted by atomic mass is 10.0. The number of halogens is 6. The molecule has 0 aromatic heterocycles. The molecule has 0 rings (SSSR count). The van der Waals surface area contributed by atoms with Crippen molar-refractivity contribution in [1.82, 2.24) is 0 Å². The monoisotopic (exact) mass is 330 g/mol. The van der Waals surface area contributed by atoms with Gasteiger partial charge >= 0.3 is 24.3 Å². The molecule has 0 saturated carbocycles. The number of nitrogens with two attached hydrogens (primary N) is 2. The minimum absolute atomic E-state index is 0.139. The van der Waals surface area contributed by atoms with E-state index in [1.54, 1.807) is 0 Å². The van der Waals surface area contributed by atoms with Gasteiger partial charge in [0.2, 0.25) is 0 Å². The van der Waals surface area contributed by atoms with Gasteiger partial charge in [0.05, 0.1) is 0 Å². The Morgan fingerprint density at radius 1 is 0.952 bits per heavy atom. The van der Waals surface area contributed by atoms with Crippen LogP contribution in [0.5, 0.6) is 0 Å². The van der Waals surface area contributed by atoms with Crippen LogP contribution in [0.2, 0.25) is 0 Å². The molecule has 1 unspecified atom stereocenters. The van der Waals surface area contributed by atoms with E-state index in [-0.39, 0.29) is 5.54 Å². The van der Waals surface area contributed by atoms with Crippen molar-refractivity contribution in [3.05, 3.63) is 0 Å². The third kappa shape index (κ3) is 18.4. The number of hydrogen-bond acceptors (Lipinski definition) is 4. The molecule has 0 aliphatic heterocycles. The fourth-order valence-corrected chi connectivity index (χ4v) is 0.144. The van der Waals surface area contributed by atoms with Gasteiger partial charge < -0.3 is 21.7 Å². The van der Waals surface area contributed by atoms with Crippen molar-refractivity contribution in [2.24, 2.45) is 11.5 Å². The molecule has 6 nitrogen and oxygen atoms in total. The molecule has 0 bridgehead atoms. The van der Waals surface area contributed by atoms with Gasteiger partial charge in [0.25, 0.3) is 0 Å². The first-order valence-electron chi connectivity index (χ1n) is 5.10. The highest BCUT2D eigenvalue weighted by atomic mass is 19.4. The summed E-state index contributed by atoms with van der Waals surface area (Å²) in [6.45, 7) is 4.56. The molecular formula is C9H16F6N2O4. The van der Waals surface area contributed by atoms with Gasteiger partial charge in [-0.15, -0.1) is 0 Å². The number of carbonyl (C=O) groups is 2. The summed E-state index contributed by atoms with van der Waals surface area (Å²) >= 11 is 0. The molecule has 0 aromatic carbocycles. The summed E-state index contributed by atoms with van der Waals surface area (Å²) in [7, 11) is 0. The van der Waals surface area contributed by atoms with E-state index in [1.807, 2.05) is 13.8 Å². The van der Waals surface area contributed by atoms with E-state index in [0.29, 0.717) is 6.54 Å². The Hall–Kier alpha value is -1.56. The molecule has 6 N–H and O–H groups in total. The van der Waals surface area contributed by atoms with Crippen molar-refractivity contribution in [3.63, 3.8) is 0 Å². The second kappa shape index (κ2) is 9.39. The summed E-state index contributed by atoms with van der Waals surface area (Å²) in [5.74, 6) is -5.51. The molecule has 0 saturated heterocycles. The highest BCUT2D eigenvalue weighted by molar-refractivity contribution is 5.73. The van der Waals surface area contributed by atoms with Gasteiger partial charge in [-0.2, -0.15) is 26.3 Å². The summed E-state index contributed by atoms with van der Waals surface area (Å²) < 4.78 is 63.5. The van der Waals surface area contributed by atoms with Gasteiger partial charge in [-0.3, -0.25) is 0 Å². The van der Waals surface area contributed by atoms with E-state index in [2.05, 4.69) is 0 Å². The van der Waals surface area contributed by atoms with Gasteiger partial charge in [0.15, 0.2) is 0 Å². The van der Waals surface area contributed by atoms with Crippen LogP contribution in [0.25, 0.3) is 0 Å². The minimum Gasteiger partial charge on any atom is -0.475 e. The maximum atomic E-state index is 10.6. The molecule has 21 heavy (non-hydrogen) atoms. The maximum Gasteiger partial charge on any atom is 0.490 e. The van der Waals surface area contributed by atoms with E-state index < -0.39 is 24.3 Å². The Bertz CT molecular complexity index is 297. The third-order valence-electron chi connectivity index (χ3n) is 1.76. The summed E-state index contributed by atoms with van der Waals surface area (Å²) in [5.41, 5.74) is 10.7. The fourth-order valence-electron chi connectivity index (χ4n) is 0.144. The van der Waals surface area contributed by atoms with Crippen molar-refractivity contribution in [2.45, 2.75) is 38.2 Å². The Morgan fingerprint density at radius 3 is 1.14 bits per heavy atom. The third-order valence-corrected chi connectivity index (χ3v) is 1.76. The van der Waals surface area contributed by atoms with Crippen LogP contribution in [-0.2, 0) is 9.59 Å². The predicted molar refractivity (Wildman–Crippen MR) is 59.3 cm³/mol. The Morgan fingerprint density at radius 2 is 1.14 bits per heavy atom. The SMILES string of the molecule is CCC(C)(N)CN.O=C(O)C(F)(F)F.O=C(O)C(F)(F)F. The number of rotatable bonds is 2. The van der Waals surface area contributed by atoms with Gasteiger partial charge in [-0.25, -0.2) is 9.59 Å². The fraction of sp³-hybridized carbons (Fsp3) is 0.778. The quantitative estimate of drug-likeness (QED) is 0.566. The molecule has 0 amide bonds. The number of hydrogen-bond donors (Lipinski definition) is 4. The molecule has 128 valence electrons. The Balaban J connectivity index is -0.000000231. The topological polar surface area (TPSA) is 127 Å². The second-order valence-electron chi connectivity index (χ2n) is 3.82. The zero-order valence-corrected chi connectivity index (χ0v) is 11.0. The molecule has 12 heteroatoms. The lowest BCUT2D eigenvalue weighted by Gasteiger charge is -2.18.